The van der Waals surface area contributed by atoms with E-state index in [1.807, 2.05) is 19.9 Å². The van der Waals surface area contributed by atoms with Crippen LogP contribution in [0.25, 0.3) is 43.1 Å². The lowest BCUT2D eigenvalue weighted by Gasteiger charge is -2.42. The van der Waals surface area contributed by atoms with Crippen LogP contribution < -0.4 is 5.30 Å². The third-order valence-corrected chi connectivity index (χ3v) is 13.7. The summed E-state index contributed by atoms with van der Waals surface area (Å²) in [5, 5.41) is 10.0. The van der Waals surface area contributed by atoms with Gasteiger partial charge in [-0.05, 0) is 116 Å². The molecule has 9 aromatic rings. The summed E-state index contributed by atoms with van der Waals surface area (Å²) in [6.07, 6.45) is -1.39. The smallest absolute Gasteiger partial charge is 0.207 e. The molecular weight excluding hydrogens is 732 g/mol. The van der Waals surface area contributed by atoms with Crippen molar-refractivity contribution in [3.8, 4) is 0 Å². The van der Waals surface area contributed by atoms with Crippen LogP contribution in [-0.2, 0) is 29.7 Å². The lowest BCUT2D eigenvalue weighted by Crippen LogP contribution is -2.53. The van der Waals surface area contributed by atoms with E-state index >= 15 is 0 Å². The van der Waals surface area contributed by atoms with Crippen molar-refractivity contribution in [1.29, 1.82) is 0 Å². The largest absolute Gasteiger partial charge is 0.341 e. The van der Waals surface area contributed by atoms with E-state index in [1.165, 1.54) is 0 Å². The summed E-state index contributed by atoms with van der Waals surface area (Å²) in [5.74, 6) is -1.01. The van der Waals surface area contributed by atoms with E-state index in [-0.39, 0.29) is 0 Å². The highest BCUT2D eigenvalue weighted by Crippen LogP contribution is 2.64. The van der Waals surface area contributed by atoms with Gasteiger partial charge in [-0.1, -0.05) is 164 Å². The minimum Gasteiger partial charge on any atom is -0.341 e. The summed E-state index contributed by atoms with van der Waals surface area (Å²) in [4.78, 5) is 0. The van der Waals surface area contributed by atoms with Gasteiger partial charge < -0.3 is 18.5 Å². The Morgan fingerprint density at radius 3 is 0.966 bits per heavy atom. The van der Waals surface area contributed by atoms with Crippen LogP contribution in [-0.4, -0.2) is 18.0 Å². The highest BCUT2D eigenvalue weighted by Gasteiger charge is 2.67. The summed E-state index contributed by atoms with van der Waals surface area (Å²) in [7, 11) is -1.85. The average molecular weight is 773 g/mol. The monoisotopic (exact) mass is 772 g/mol. The maximum atomic E-state index is 7.97. The summed E-state index contributed by atoms with van der Waals surface area (Å²) in [6, 6.07) is 71.1. The van der Waals surface area contributed by atoms with Crippen LogP contribution in [0.2, 0.25) is 0 Å². The van der Waals surface area contributed by atoms with Crippen molar-refractivity contribution in [3.05, 3.63) is 222 Å². The minimum atomic E-state index is -1.85. The first-order valence-corrected chi connectivity index (χ1v) is 21.1. The number of hydrogen-bond acceptors (Lipinski definition) is 4. The maximum absolute atomic E-state index is 7.97. The van der Waals surface area contributed by atoms with Gasteiger partial charge in [0, 0.05) is 5.30 Å². The van der Waals surface area contributed by atoms with E-state index in [9.17, 15) is 0 Å². The first kappa shape index (κ1) is 35.5. The Balaban J connectivity index is 1.28. The van der Waals surface area contributed by atoms with E-state index in [2.05, 4.69) is 194 Å². The van der Waals surface area contributed by atoms with Crippen molar-refractivity contribution in [2.24, 2.45) is 0 Å². The second kappa shape index (κ2) is 13.7. The molecule has 0 N–H and O–H groups in total. The van der Waals surface area contributed by atoms with E-state index in [0.717, 1.165) is 70.6 Å². The van der Waals surface area contributed by atoms with Gasteiger partial charge in [0.1, 0.15) is 12.2 Å². The van der Waals surface area contributed by atoms with Crippen LogP contribution in [0.15, 0.2) is 200 Å². The summed E-state index contributed by atoms with van der Waals surface area (Å²) < 4.78 is 30.8. The zero-order valence-electron chi connectivity index (χ0n) is 32.3. The van der Waals surface area contributed by atoms with E-state index in [0.29, 0.717) is 0 Å². The first-order chi connectivity index (χ1) is 28.4. The van der Waals surface area contributed by atoms with Crippen molar-refractivity contribution in [2.45, 2.75) is 43.0 Å². The van der Waals surface area contributed by atoms with Crippen LogP contribution in [0, 0.1) is 0 Å². The molecule has 0 bridgehead atoms. The number of ether oxygens (including phenoxy) is 2. The van der Waals surface area contributed by atoms with Crippen LogP contribution in [0.5, 0.6) is 0 Å². The molecule has 282 valence electrons. The van der Waals surface area contributed by atoms with Crippen molar-refractivity contribution < 1.29 is 18.5 Å². The molecule has 9 aromatic carbocycles. The molecule has 0 spiro atoms. The Labute approximate surface area is 339 Å². The first-order valence-electron chi connectivity index (χ1n) is 20.0. The molecule has 0 aromatic heterocycles. The topological polar surface area (TPSA) is 36.9 Å². The van der Waals surface area contributed by atoms with Gasteiger partial charge in [-0.15, -0.1) is 0 Å². The van der Waals surface area contributed by atoms with Gasteiger partial charge in [0.25, 0.3) is 0 Å². The zero-order valence-corrected chi connectivity index (χ0v) is 33.2. The summed E-state index contributed by atoms with van der Waals surface area (Å²) in [6.45, 7) is 4.03. The molecule has 0 amide bonds. The molecule has 0 saturated carbocycles. The zero-order chi connectivity index (χ0) is 38.9. The number of fused-ring (bicyclic) bond motifs is 5. The fourth-order valence-corrected chi connectivity index (χ4v) is 11.1. The Bertz CT molecular complexity index is 2650. The fraction of sp³-hybridized carbons (Fsp3) is 0.132. The fourth-order valence-electron chi connectivity index (χ4n) is 9.28. The van der Waals surface area contributed by atoms with Crippen LogP contribution >= 0.6 is 8.38 Å². The average Bonchev–Trinajstić information content (AvgIpc) is 3.55. The molecule has 2 aliphatic rings. The predicted octanol–water partition coefficient (Wildman–Crippen LogP) is 12.7. The van der Waals surface area contributed by atoms with Crippen LogP contribution in [0.4, 0.5) is 0 Å². The lowest BCUT2D eigenvalue weighted by molar-refractivity contribution is -0.173. The molecule has 11 rings (SSSR count). The molecule has 2 saturated heterocycles. The van der Waals surface area contributed by atoms with Crippen LogP contribution in [0.1, 0.15) is 36.1 Å². The van der Waals surface area contributed by atoms with Gasteiger partial charge in [-0.2, -0.15) is 0 Å². The predicted molar refractivity (Wildman–Crippen MR) is 236 cm³/mol. The molecule has 0 unspecified atom stereocenters. The number of hydrogen-bond donors (Lipinski definition) is 0. The standard InChI is InChI=1S/C53H41O4P/c1-51(2)54-49-50(55-51)53(46-30-26-38-16-8-12-20-42(38)34-46,47-31-27-39-17-9-13-21-43(39)35-47)57-58(48-22-4-3-5-23-48)56-52(49,44-28-24-36-14-6-10-18-40(36)32-44)45-29-25-37-15-7-11-19-41(37)33-45/h3-35,49-50H,1-2H3/t49-,50-/m0/s1. The van der Waals surface area contributed by atoms with Gasteiger partial charge >= 0.3 is 0 Å². The van der Waals surface area contributed by atoms with Crippen LogP contribution in [0.3, 0.4) is 0 Å². The Morgan fingerprint density at radius 1 is 0.345 bits per heavy atom. The van der Waals surface area contributed by atoms with Gasteiger partial charge in [0.05, 0.1) is 0 Å². The molecule has 2 aliphatic heterocycles. The third kappa shape index (κ3) is 5.71. The van der Waals surface area contributed by atoms with Gasteiger partial charge in [-0.25, -0.2) is 0 Å². The molecule has 0 radical (unpaired) electrons. The Kier molecular flexibility index (Phi) is 8.38. The summed E-state index contributed by atoms with van der Waals surface area (Å²) in [5.41, 5.74) is 1.47. The molecule has 0 aliphatic carbocycles. The molecule has 4 nitrogen and oxygen atoms in total. The maximum Gasteiger partial charge on any atom is 0.207 e. The Morgan fingerprint density at radius 2 is 0.638 bits per heavy atom. The van der Waals surface area contributed by atoms with Gasteiger partial charge in [-0.3, -0.25) is 0 Å². The van der Waals surface area contributed by atoms with E-state index in [1.54, 1.807) is 0 Å². The highest BCUT2D eigenvalue weighted by atomic mass is 31.2. The normalized spacial score (nSPS) is 20.0. The quantitative estimate of drug-likeness (QED) is 0.163. The summed E-state index contributed by atoms with van der Waals surface area (Å²) >= 11 is 0. The van der Waals surface area contributed by atoms with Crippen molar-refractivity contribution >= 4 is 56.8 Å². The molecule has 58 heavy (non-hydrogen) atoms. The van der Waals surface area contributed by atoms with E-state index in [4.69, 9.17) is 18.5 Å². The minimum absolute atomic E-state index is 0.695. The van der Waals surface area contributed by atoms with Gasteiger partial charge in [0.2, 0.25) is 8.38 Å². The second-order valence-corrected chi connectivity index (χ2v) is 17.4. The number of benzene rings is 9. The number of rotatable bonds is 5. The Hall–Kier alpha value is -5.71. The lowest BCUT2D eigenvalue weighted by atomic mass is 9.71. The SMILES string of the molecule is CC1(C)O[C@H]2[C@H](O1)C(c1ccc3ccccc3c1)(c1ccc3ccccc3c1)OP(c1ccccc1)OC2(c1ccc2ccccc2c1)c1ccc2ccccc2c1. The van der Waals surface area contributed by atoms with Crippen molar-refractivity contribution in [3.63, 3.8) is 0 Å². The molecule has 2 atom stereocenters. The second-order valence-electron chi connectivity index (χ2n) is 16.0. The molecular formula is C53H41O4P. The van der Waals surface area contributed by atoms with Gasteiger partial charge in [0.15, 0.2) is 17.0 Å². The molecule has 2 fully saturated rings. The highest BCUT2D eigenvalue weighted by molar-refractivity contribution is 7.56. The molecule has 5 heteroatoms. The van der Waals surface area contributed by atoms with E-state index < -0.39 is 37.6 Å². The van der Waals surface area contributed by atoms with Crippen molar-refractivity contribution in [1.82, 2.24) is 0 Å². The van der Waals surface area contributed by atoms with Crippen molar-refractivity contribution in [2.75, 3.05) is 0 Å². The molecule has 2 heterocycles. The third-order valence-electron chi connectivity index (χ3n) is 12.0.